The van der Waals surface area contributed by atoms with Crippen LogP contribution in [0.15, 0.2) is 11.5 Å². The zero-order valence-corrected chi connectivity index (χ0v) is 13.0. The molecule has 0 aromatic heterocycles. The van der Waals surface area contributed by atoms with Crippen LogP contribution in [0, 0.1) is 0 Å². The predicted octanol–water partition coefficient (Wildman–Crippen LogP) is 5.77. The lowest BCUT2D eigenvalue weighted by molar-refractivity contribution is 0.481. The summed E-state index contributed by atoms with van der Waals surface area (Å²) in [5, 5.41) is 2.21. The molecule has 2 heteroatoms. The van der Waals surface area contributed by atoms with Gasteiger partial charge >= 0.3 is 0 Å². The van der Waals surface area contributed by atoms with E-state index in [0.29, 0.717) is 0 Å². The third-order valence-corrected chi connectivity index (χ3v) is 4.57. The van der Waals surface area contributed by atoms with Gasteiger partial charge in [0.1, 0.15) is 0 Å². The van der Waals surface area contributed by atoms with E-state index in [1.54, 1.807) is 0 Å². The molecule has 1 heterocycles. The molecule has 1 aliphatic heterocycles. The van der Waals surface area contributed by atoms with E-state index in [9.17, 15) is 0 Å². The highest BCUT2D eigenvalue weighted by molar-refractivity contribution is 8.00. The smallest absolute Gasteiger partial charge is 0.0282 e. The maximum Gasteiger partial charge on any atom is 0.0282 e. The van der Waals surface area contributed by atoms with Gasteiger partial charge in [-0.3, -0.25) is 0 Å². The van der Waals surface area contributed by atoms with Crippen molar-refractivity contribution in [2.75, 3.05) is 13.1 Å². The second-order valence-electron chi connectivity index (χ2n) is 5.40. The molecule has 0 aromatic rings. The van der Waals surface area contributed by atoms with Crippen LogP contribution in [0.1, 0.15) is 77.6 Å². The highest BCUT2D eigenvalue weighted by atomic mass is 32.2. The topological polar surface area (TPSA) is 3.24 Å². The molecule has 0 radical (unpaired) electrons. The molecule has 1 aliphatic rings. The van der Waals surface area contributed by atoms with Crippen molar-refractivity contribution in [3.8, 4) is 0 Å². The fraction of sp³-hybridized carbons (Fsp3) is 0.875. The molecule has 18 heavy (non-hydrogen) atoms. The quantitative estimate of drug-likeness (QED) is 0.326. The molecule has 0 saturated carbocycles. The van der Waals surface area contributed by atoms with Gasteiger partial charge in [0.15, 0.2) is 0 Å². The maximum absolute atomic E-state index is 2.45. The minimum absolute atomic E-state index is 1.16. The highest BCUT2D eigenvalue weighted by Gasteiger charge is 2.05. The van der Waals surface area contributed by atoms with Crippen LogP contribution in [-0.2, 0) is 0 Å². The van der Waals surface area contributed by atoms with E-state index in [0.717, 1.165) is 6.54 Å². The number of nitrogens with zero attached hydrogens (tertiary/aromatic N) is 1. The molecule has 106 valence electrons. The normalized spacial score (nSPS) is 15.6. The van der Waals surface area contributed by atoms with E-state index in [1.165, 1.54) is 77.2 Å². The summed E-state index contributed by atoms with van der Waals surface area (Å²) >= 11 is 1.88. The minimum atomic E-state index is 1.16. The van der Waals surface area contributed by atoms with Crippen LogP contribution >= 0.6 is 11.9 Å². The van der Waals surface area contributed by atoms with Crippen LogP contribution in [0.2, 0.25) is 0 Å². The van der Waals surface area contributed by atoms with E-state index in [2.05, 4.69) is 22.7 Å². The van der Waals surface area contributed by atoms with Crippen molar-refractivity contribution in [2.24, 2.45) is 0 Å². The molecular weight excluding hydrogens is 238 g/mol. The van der Waals surface area contributed by atoms with Crippen molar-refractivity contribution in [3.05, 3.63) is 11.5 Å². The van der Waals surface area contributed by atoms with Gasteiger partial charge in [-0.1, -0.05) is 89.2 Å². The molecule has 1 rings (SSSR count). The summed E-state index contributed by atoms with van der Waals surface area (Å²) in [5.74, 6) is 0. The first-order valence-corrected chi connectivity index (χ1v) is 8.84. The molecule has 0 fully saturated rings. The first-order valence-electron chi connectivity index (χ1n) is 8.00. The number of unbranched alkanes of at least 4 members (excludes halogenated alkanes) is 10. The van der Waals surface area contributed by atoms with Gasteiger partial charge in [0, 0.05) is 13.1 Å². The molecular formula is C16H31NS. The Morgan fingerprint density at radius 1 is 0.833 bits per heavy atom. The van der Waals surface area contributed by atoms with E-state index in [1.807, 2.05) is 11.9 Å². The molecule has 0 amide bonds. The van der Waals surface area contributed by atoms with Gasteiger partial charge in [0.25, 0.3) is 0 Å². The molecule has 0 aliphatic carbocycles. The van der Waals surface area contributed by atoms with Gasteiger partial charge in [-0.05, 0) is 11.8 Å². The highest BCUT2D eigenvalue weighted by Crippen LogP contribution is 2.19. The van der Waals surface area contributed by atoms with Crippen LogP contribution in [0.5, 0.6) is 0 Å². The first kappa shape index (κ1) is 16.1. The molecule has 0 saturated heterocycles. The lowest BCUT2D eigenvalue weighted by atomic mass is 10.1. The summed E-state index contributed by atoms with van der Waals surface area (Å²) < 4.78 is 2.45. The second-order valence-corrected chi connectivity index (χ2v) is 6.40. The van der Waals surface area contributed by atoms with Crippen molar-refractivity contribution in [3.63, 3.8) is 0 Å². The monoisotopic (exact) mass is 269 g/mol. The Kier molecular flexibility index (Phi) is 10.8. The van der Waals surface area contributed by atoms with Crippen LogP contribution < -0.4 is 0 Å². The summed E-state index contributed by atoms with van der Waals surface area (Å²) in [6.45, 7) is 4.72. The van der Waals surface area contributed by atoms with Gasteiger partial charge in [-0.2, -0.15) is 0 Å². The van der Waals surface area contributed by atoms with Gasteiger partial charge in [-0.25, -0.2) is 4.31 Å². The van der Waals surface area contributed by atoms with Crippen molar-refractivity contribution in [1.82, 2.24) is 4.31 Å². The van der Waals surface area contributed by atoms with Crippen LogP contribution in [0.25, 0.3) is 0 Å². The minimum Gasteiger partial charge on any atom is -0.243 e. The molecule has 0 aromatic carbocycles. The molecule has 0 unspecified atom stereocenters. The fourth-order valence-corrected chi connectivity index (χ4v) is 3.18. The van der Waals surface area contributed by atoms with E-state index >= 15 is 0 Å². The molecule has 0 N–H and O–H groups in total. The van der Waals surface area contributed by atoms with Crippen molar-refractivity contribution < 1.29 is 0 Å². The average molecular weight is 269 g/mol. The van der Waals surface area contributed by atoms with Gasteiger partial charge < -0.3 is 0 Å². The second kappa shape index (κ2) is 12.1. The number of rotatable bonds is 12. The Balaban J connectivity index is 1.68. The Bertz CT molecular complexity index is 195. The average Bonchev–Trinajstić information content (AvgIpc) is 2.89. The van der Waals surface area contributed by atoms with Gasteiger partial charge in [0.2, 0.25) is 0 Å². The predicted molar refractivity (Wildman–Crippen MR) is 84.8 cm³/mol. The standard InChI is InChI=1S/C16H31NS/c1-2-3-4-5-6-7-8-9-10-11-12-14-17-15-13-16-18-17/h13,16H,2-12,14-15H2,1H3. The fourth-order valence-electron chi connectivity index (χ4n) is 2.43. The zero-order chi connectivity index (χ0) is 12.9. The van der Waals surface area contributed by atoms with E-state index in [4.69, 9.17) is 0 Å². The summed E-state index contributed by atoms with van der Waals surface area (Å²) in [7, 11) is 0. The Hall–Kier alpha value is 0.0500. The third-order valence-electron chi connectivity index (χ3n) is 3.63. The van der Waals surface area contributed by atoms with Crippen LogP contribution in [0.4, 0.5) is 0 Å². The molecule has 0 atom stereocenters. The molecule has 0 bridgehead atoms. The zero-order valence-electron chi connectivity index (χ0n) is 12.2. The summed E-state index contributed by atoms with van der Waals surface area (Å²) in [6.07, 6.45) is 18.1. The molecule has 1 nitrogen and oxygen atoms in total. The third kappa shape index (κ3) is 9.04. The Morgan fingerprint density at radius 3 is 1.89 bits per heavy atom. The van der Waals surface area contributed by atoms with Gasteiger partial charge in [0.05, 0.1) is 0 Å². The van der Waals surface area contributed by atoms with Crippen LogP contribution in [0.3, 0.4) is 0 Å². The summed E-state index contributed by atoms with van der Waals surface area (Å²) in [5.41, 5.74) is 0. The lowest BCUT2D eigenvalue weighted by Crippen LogP contribution is -2.12. The van der Waals surface area contributed by atoms with Crippen LogP contribution in [-0.4, -0.2) is 17.4 Å². The SMILES string of the molecule is CCCCCCCCCCCCCN1CC=CS1. The summed E-state index contributed by atoms with van der Waals surface area (Å²) in [4.78, 5) is 0. The first-order chi connectivity index (χ1) is 8.93. The number of hydrogen-bond donors (Lipinski definition) is 0. The lowest BCUT2D eigenvalue weighted by Gasteiger charge is -2.12. The summed E-state index contributed by atoms with van der Waals surface area (Å²) in [6, 6.07) is 0. The molecule has 0 spiro atoms. The Morgan fingerprint density at radius 2 is 1.39 bits per heavy atom. The van der Waals surface area contributed by atoms with Crippen molar-refractivity contribution in [2.45, 2.75) is 77.6 Å². The number of hydrogen-bond acceptors (Lipinski definition) is 2. The Labute approximate surface area is 119 Å². The van der Waals surface area contributed by atoms with Gasteiger partial charge in [-0.15, -0.1) is 0 Å². The largest absolute Gasteiger partial charge is 0.243 e. The maximum atomic E-state index is 2.45. The van der Waals surface area contributed by atoms with E-state index < -0.39 is 0 Å². The van der Waals surface area contributed by atoms with Crippen molar-refractivity contribution in [1.29, 1.82) is 0 Å². The van der Waals surface area contributed by atoms with E-state index in [-0.39, 0.29) is 0 Å². The van der Waals surface area contributed by atoms with Crippen molar-refractivity contribution >= 4 is 11.9 Å².